The molecule has 0 aliphatic carbocycles. The molecule has 0 aromatic carbocycles. The molecule has 0 rings (SSSR count). The Kier molecular flexibility index (Phi) is 10.3. The van der Waals surface area contributed by atoms with E-state index in [2.05, 4.69) is 94.0 Å². The summed E-state index contributed by atoms with van der Waals surface area (Å²) >= 11 is 0. The molecule has 15 heteroatoms. The predicted molar refractivity (Wildman–Crippen MR) is 115 cm³/mol. The Hall–Kier alpha value is 3.63. The summed E-state index contributed by atoms with van der Waals surface area (Å²) in [5.41, 5.74) is 0. The molecule has 0 amide bonds. The molecule has 0 aromatic heterocycles. The first-order valence-electron chi connectivity index (χ1n) is 5.10. The largest absolute Gasteiger partial charge is 0.212 e. The van der Waals surface area contributed by atoms with Crippen LogP contribution in [0.25, 0.3) is 0 Å². The second kappa shape index (κ2) is 8.65. The number of hydrogen-bond acceptors (Lipinski definition) is 3. The molecular formula is C4H28N6P9+3. The van der Waals surface area contributed by atoms with Crippen molar-refractivity contribution in [1.29, 1.82) is 0 Å². The number of rotatable bonds is 7. The van der Waals surface area contributed by atoms with Crippen molar-refractivity contribution in [3.05, 3.63) is 0 Å². The molecule has 116 valence electrons. The fourth-order valence-electron chi connectivity index (χ4n) is 0.983. The topological polar surface area (TPSA) is 9.72 Å². The standard InChI is InChI=1S/C4H28N6P9/c1-5(11)7(13)6(12)4-19-9(3,16)10(17,18)8(2,14)15/h19H,4,11-18H2,1-3H3/q+3. The van der Waals surface area contributed by atoms with Crippen LogP contribution < -0.4 is 0 Å². The van der Waals surface area contributed by atoms with Gasteiger partial charge in [0.1, 0.15) is 42.3 Å². The minimum Gasteiger partial charge on any atom is -0.212 e. The van der Waals surface area contributed by atoms with Crippen molar-refractivity contribution in [3.63, 3.8) is 0 Å². The molecule has 0 aliphatic rings. The zero-order valence-electron chi connectivity index (χ0n) is 11.5. The SMILES string of the molecule is CN(P)N(P)N(P)CP[N+](C)(P)[N+](P)(P)[N+](C)(P)P. The summed E-state index contributed by atoms with van der Waals surface area (Å²) in [6.07, 6.45) is 0.908. The van der Waals surface area contributed by atoms with E-state index >= 15 is 0 Å². The monoisotopic (exact) mass is 439 g/mol. The molecule has 0 aliphatic heterocycles. The molecule has 10 unspecified atom stereocenters. The smallest absolute Gasteiger partial charge is 0.183 e. The third kappa shape index (κ3) is 6.57. The van der Waals surface area contributed by atoms with Crippen LogP contribution in [0.3, 0.4) is 0 Å². The Balaban J connectivity index is 4.72. The Bertz CT molecular complexity index is 291. The van der Waals surface area contributed by atoms with Crippen LogP contribution >= 0.6 is 83.9 Å². The van der Waals surface area contributed by atoms with Crippen molar-refractivity contribution in [1.82, 2.24) is 14.4 Å². The van der Waals surface area contributed by atoms with Crippen LogP contribution in [0.1, 0.15) is 0 Å². The molecule has 6 nitrogen and oxygen atoms in total. The van der Waals surface area contributed by atoms with Gasteiger partial charge in [0.05, 0.1) is 6.29 Å². The summed E-state index contributed by atoms with van der Waals surface area (Å²) < 4.78 is 5.94. The average Bonchev–Trinajstić information content (AvgIpc) is 2.22. The molecule has 10 atom stereocenters. The van der Waals surface area contributed by atoms with E-state index in [1.165, 1.54) is 0 Å². The van der Waals surface area contributed by atoms with Crippen molar-refractivity contribution in [2.75, 3.05) is 27.4 Å². The van der Waals surface area contributed by atoms with Crippen LogP contribution in [-0.2, 0) is 0 Å². The zero-order chi connectivity index (χ0) is 15.6. The Labute approximate surface area is 138 Å². The lowest BCUT2D eigenvalue weighted by Gasteiger charge is -2.48. The third-order valence-corrected chi connectivity index (χ3v) is 11.8. The van der Waals surface area contributed by atoms with Crippen molar-refractivity contribution in [3.8, 4) is 0 Å². The normalized spacial score (nSPS) is 18.0. The number of nitrogens with zero attached hydrogens (tertiary/aromatic N) is 6. The Morgan fingerprint density at radius 3 is 1.68 bits per heavy atom. The van der Waals surface area contributed by atoms with Gasteiger partial charge in [0.2, 0.25) is 0 Å². The summed E-state index contributed by atoms with van der Waals surface area (Å²) in [7, 11) is 29.3. The highest BCUT2D eigenvalue weighted by Gasteiger charge is 2.49. The molecule has 0 saturated heterocycles. The van der Waals surface area contributed by atoms with Crippen LogP contribution in [0.2, 0.25) is 0 Å². The van der Waals surface area contributed by atoms with Gasteiger partial charge in [-0.15, -0.1) is 8.27 Å². The highest BCUT2D eigenvalue weighted by molar-refractivity contribution is 7.39. The van der Waals surface area contributed by atoms with Gasteiger partial charge in [-0.1, -0.05) is 0 Å². The Morgan fingerprint density at radius 2 is 1.37 bits per heavy atom. The second-order valence-electron chi connectivity index (χ2n) is 4.47. The van der Waals surface area contributed by atoms with Gasteiger partial charge in [0.25, 0.3) is 0 Å². The minimum atomic E-state index is 0.602. The predicted octanol–water partition coefficient (Wildman–Crippen LogP) is 1.76. The summed E-state index contributed by atoms with van der Waals surface area (Å²) in [5.74, 6) is 0. The number of hydrazine groups is 2. The molecule has 19 heavy (non-hydrogen) atoms. The zero-order valence-corrected chi connectivity index (χ0v) is 21.7. The fraction of sp³-hybridized carbons (Fsp3) is 1.00. The maximum absolute atomic E-state index is 2.93. The van der Waals surface area contributed by atoms with Crippen LogP contribution in [0.4, 0.5) is 0 Å². The first-order valence-corrected chi connectivity index (χ1v) is 10.4. The van der Waals surface area contributed by atoms with E-state index in [4.69, 9.17) is 0 Å². The molecule has 0 fully saturated rings. The number of hydrogen-bond donors (Lipinski definition) is 0. The summed E-state index contributed by atoms with van der Waals surface area (Å²) in [4.78, 5) is 1.95. The molecule has 0 radical (unpaired) electrons. The van der Waals surface area contributed by atoms with Gasteiger partial charge in [-0.05, 0) is 32.4 Å². The number of quaternary nitrogens is 3. The first-order chi connectivity index (χ1) is 8.24. The first kappa shape index (κ1) is 22.6. The average molecular weight is 439 g/mol. The van der Waals surface area contributed by atoms with Crippen LogP contribution in [0.15, 0.2) is 0 Å². The molecule has 0 N–H and O–H groups in total. The van der Waals surface area contributed by atoms with E-state index in [9.17, 15) is 0 Å². The molecular weight excluding hydrogens is 411 g/mol. The summed E-state index contributed by atoms with van der Waals surface area (Å²) in [6.45, 7) is 0. The third-order valence-electron chi connectivity index (χ3n) is 2.50. The quantitative estimate of drug-likeness (QED) is 0.443. The van der Waals surface area contributed by atoms with Crippen LogP contribution in [0, 0.1) is 0 Å². The van der Waals surface area contributed by atoms with Crippen LogP contribution in [0.5, 0.6) is 0 Å². The van der Waals surface area contributed by atoms with Gasteiger partial charge >= 0.3 is 0 Å². The second-order valence-corrected chi connectivity index (χ2v) is 14.1. The molecule has 0 spiro atoms. The van der Waals surface area contributed by atoms with Gasteiger partial charge < -0.3 is 0 Å². The van der Waals surface area contributed by atoms with E-state index in [1.54, 1.807) is 0 Å². The molecule has 0 heterocycles. The lowest BCUT2D eigenvalue weighted by Crippen LogP contribution is -2.58. The van der Waals surface area contributed by atoms with E-state index in [0.717, 1.165) is 10.4 Å². The lowest BCUT2D eigenvalue weighted by atomic mass is 11.4. The van der Waals surface area contributed by atoms with Gasteiger partial charge in [-0.2, -0.15) is 9.67 Å². The summed E-state index contributed by atoms with van der Waals surface area (Å²) in [6, 6.07) is 0. The van der Waals surface area contributed by atoms with E-state index in [0.29, 0.717) is 17.1 Å². The van der Waals surface area contributed by atoms with Gasteiger partial charge in [0.15, 0.2) is 27.5 Å². The van der Waals surface area contributed by atoms with E-state index < -0.39 is 0 Å². The summed E-state index contributed by atoms with van der Waals surface area (Å²) in [5, 5.41) is 0. The lowest BCUT2D eigenvalue weighted by molar-refractivity contribution is -1.51. The van der Waals surface area contributed by atoms with Crippen molar-refractivity contribution in [2.24, 2.45) is 0 Å². The molecule has 0 bridgehead atoms. The molecule has 0 saturated carbocycles. The highest BCUT2D eigenvalue weighted by atomic mass is 31.1. The van der Waals surface area contributed by atoms with E-state index in [1.807, 2.05) is 16.7 Å². The van der Waals surface area contributed by atoms with Crippen molar-refractivity contribution in [2.45, 2.75) is 0 Å². The van der Waals surface area contributed by atoms with Crippen molar-refractivity contribution < 1.29 is 12.5 Å². The fourth-order valence-corrected chi connectivity index (χ4v) is 4.71. The van der Waals surface area contributed by atoms with Gasteiger partial charge in [-0.3, -0.25) is 0 Å². The van der Waals surface area contributed by atoms with E-state index in [-0.39, 0.29) is 0 Å². The van der Waals surface area contributed by atoms with Crippen LogP contribution in [-0.4, -0.2) is 54.4 Å². The Morgan fingerprint density at radius 1 is 0.947 bits per heavy atom. The maximum Gasteiger partial charge on any atom is 0.183 e. The highest BCUT2D eigenvalue weighted by Crippen LogP contribution is 2.54. The minimum absolute atomic E-state index is 0.602. The molecule has 0 aromatic rings. The van der Waals surface area contributed by atoms with Gasteiger partial charge in [0, 0.05) is 7.05 Å². The van der Waals surface area contributed by atoms with Crippen molar-refractivity contribution >= 4 is 83.9 Å². The maximum atomic E-state index is 2.93. The van der Waals surface area contributed by atoms with Gasteiger partial charge in [-0.25, -0.2) is 4.78 Å².